The quantitative estimate of drug-likeness (QED) is 0.790. The van der Waals surface area contributed by atoms with Gasteiger partial charge in [-0.1, -0.05) is 26.0 Å². The van der Waals surface area contributed by atoms with Gasteiger partial charge in [0.25, 0.3) is 0 Å². The van der Waals surface area contributed by atoms with Gasteiger partial charge in [-0.2, -0.15) is 0 Å². The van der Waals surface area contributed by atoms with Crippen molar-refractivity contribution in [3.63, 3.8) is 0 Å². The molecule has 0 saturated heterocycles. The van der Waals surface area contributed by atoms with Gasteiger partial charge in [0.2, 0.25) is 0 Å². The molecule has 92 valence electrons. The van der Waals surface area contributed by atoms with E-state index in [2.05, 4.69) is 31.0 Å². The molecule has 0 saturated carbocycles. The first-order valence-corrected chi connectivity index (χ1v) is 6.17. The normalized spacial score (nSPS) is 22.3. The lowest BCUT2D eigenvalue weighted by Crippen LogP contribution is -2.32. The first-order chi connectivity index (χ1) is 8.11. The van der Waals surface area contributed by atoms with E-state index in [9.17, 15) is 4.79 Å². The SMILES string of the molecule is CCOC(=O)Cc1c[nH]c2c1=CC(C)C(C)C=2. The Bertz CT molecular complexity index is 527. The van der Waals surface area contributed by atoms with Crippen molar-refractivity contribution < 1.29 is 9.53 Å². The predicted molar refractivity (Wildman–Crippen MR) is 67.6 cm³/mol. The molecule has 1 N–H and O–H groups in total. The van der Waals surface area contributed by atoms with E-state index in [1.165, 1.54) is 5.22 Å². The van der Waals surface area contributed by atoms with Crippen molar-refractivity contribution in [2.75, 3.05) is 6.61 Å². The summed E-state index contributed by atoms with van der Waals surface area (Å²) in [7, 11) is 0. The Morgan fingerprint density at radius 3 is 2.76 bits per heavy atom. The van der Waals surface area contributed by atoms with Crippen LogP contribution in [-0.2, 0) is 16.0 Å². The Labute approximate surface area is 101 Å². The molecule has 2 atom stereocenters. The van der Waals surface area contributed by atoms with Crippen molar-refractivity contribution in [3.8, 4) is 0 Å². The number of carbonyl (C=O) groups is 1. The van der Waals surface area contributed by atoms with Crippen LogP contribution in [0.25, 0.3) is 12.2 Å². The number of aromatic nitrogens is 1. The number of nitrogens with one attached hydrogen (secondary N) is 1. The maximum Gasteiger partial charge on any atom is 0.310 e. The maximum atomic E-state index is 11.5. The molecule has 0 bridgehead atoms. The van der Waals surface area contributed by atoms with E-state index in [-0.39, 0.29) is 5.97 Å². The molecule has 1 aromatic heterocycles. The van der Waals surface area contributed by atoms with Crippen molar-refractivity contribution in [2.24, 2.45) is 11.8 Å². The molecule has 3 heteroatoms. The van der Waals surface area contributed by atoms with Gasteiger partial charge in [-0.05, 0) is 29.5 Å². The van der Waals surface area contributed by atoms with Gasteiger partial charge >= 0.3 is 5.97 Å². The van der Waals surface area contributed by atoms with Gasteiger partial charge in [0.15, 0.2) is 0 Å². The molecule has 2 unspecified atom stereocenters. The molecule has 1 aliphatic carbocycles. The second-order valence-corrected chi connectivity index (χ2v) is 4.67. The summed E-state index contributed by atoms with van der Waals surface area (Å²) in [5.41, 5.74) is 1.04. The third-order valence-corrected chi connectivity index (χ3v) is 3.37. The van der Waals surface area contributed by atoms with E-state index in [1.54, 1.807) is 0 Å². The molecular weight excluding hydrogens is 214 g/mol. The molecule has 0 amide bonds. The zero-order valence-electron chi connectivity index (χ0n) is 10.6. The monoisotopic (exact) mass is 233 g/mol. The lowest BCUT2D eigenvalue weighted by molar-refractivity contribution is -0.142. The highest BCUT2D eigenvalue weighted by molar-refractivity contribution is 5.72. The number of esters is 1. The third kappa shape index (κ3) is 2.43. The number of hydrogen-bond donors (Lipinski definition) is 1. The molecular formula is C14H19NO2. The third-order valence-electron chi connectivity index (χ3n) is 3.37. The van der Waals surface area contributed by atoms with Crippen LogP contribution in [-0.4, -0.2) is 17.6 Å². The van der Waals surface area contributed by atoms with Crippen molar-refractivity contribution in [3.05, 3.63) is 22.3 Å². The average molecular weight is 233 g/mol. The van der Waals surface area contributed by atoms with Gasteiger partial charge in [-0.15, -0.1) is 0 Å². The van der Waals surface area contributed by atoms with E-state index in [1.807, 2.05) is 13.1 Å². The molecule has 0 fully saturated rings. The van der Waals surface area contributed by atoms with Crippen molar-refractivity contribution >= 4 is 18.1 Å². The summed E-state index contributed by atoms with van der Waals surface area (Å²) in [5.74, 6) is 0.893. The molecule has 1 heterocycles. The van der Waals surface area contributed by atoms with Crippen LogP contribution in [0.5, 0.6) is 0 Å². The summed E-state index contributed by atoms with van der Waals surface area (Å²) in [5, 5.41) is 2.30. The first kappa shape index (κ1) is 12.0. The Kier molecular flexibility index (Phi) is 3.36. The Balaban J connectivity index is 2.31. The lowest BCUT2D eigenvalue weighted by atomic mass is 9.90. The van der Waals surface area contributed by atoms with Crippen LogP contribution in [0.2, 0.25) is 0 Å². The van der Waals surface area contributed by atoms with Crippen LogP contribution in [0.15, 0.2) is 6.20 Å². The Hall–Kier alpha value is -1.51. The molecule has 0 spiro atoms. The van der Waals surface area contributed by atoms with Crippen molar-refractivity contribution in [1.29, 1.82) is 0 Å². The predicted octanol–water partition coefficient (Wildman–Crippen LogP) is 0.967. The number of carbonyl (C=O) groups excluding carboxylic acids is 1. The van der Waals surface area contributed by atoms with Crippen LogP contribution < -0.4 is 10.6 Å². The highest BCUT2D eigenvalue weighted by Crippen LogP contribution is 2.15. The van der Waals surface area contributed by atoms with Crippen LogP contribution in [0.3, 0.4) is 0 Å². The highest BCUT2D eigenvalue weighted by atomic mass is 16.5. The summed E-state index contributed by atoms with van der Waals surface area (Å²) in [4.78, 5) is 14.7. The second kappa shape index (κ2) is 4.78. The minimum Gasteiger partial charge on any atom is -0.466 e. The van der Waals surface area contributed by atoms with Crippen LogP contribution in [0, 0.1) is 11.8 Å². The van der Waals surface area contributed by atoms with Crippen LogP contribution >= 0.6 is 0 Å². The topological polar surface area (TPSA) is 42.1 Å². The number of aromatic amines is 1. The average Bonchev–Trinajstić information content (AvgIpc) is 2.63. The van der Waals surface area contributed by atoms with Gasteiger partial charge in [0, 0.05) is 11.5 Å². The number of H-pyrrole nitrogens is 1. The number of fused-ring (bicyclic) bond motifs is 1. The van der Waals surface area contributed by atoms with Gasteiger partial charge in [0.1, 0.15) is 0 Å². The summed E-state index contributed by atoms with van der Waals surface area (Å²) >= 11 is 0. The molecule has 1 aliphatic rings. The number of ether oxygens (including phenoxy) is 1. The number of rotatable bonds is 3. The molecule has 3 nitrogen and oxygen atoms in total. The zero-order chi connectivity index (χ0) is 12.4. The maximum absolute atomic E-state index is 11.5. The highest BCUT2D eigenvalue weighted by Gasteiger charge is 2.14. The molecule has 17 heavy (non-hydrogen) atoms. The summed E-state index contributed by atoms with van der Waals surface area (Å²) < 4.78 is 4.98. The summed E-state index contributed by atoms with van der Waals surface area (Å²) in [6, 6.07) is 0. The minimum atomic E-state index is -0.158. The zero-order valence-corrected chi connectivity index (χ0v) is 10.6. The first-order valence-electron chi connectivity index (χ1n) is 6.17. The molecule has 2 rings (SSSR count). The van der Waals surface area contributed by atoms with Crippen LogP contribution in [0.1, 0.15) is 26.3 Å². The van der Waals surface area contributed by atoms with Crippen molar-refractivity contribution in [2.45, 2.75) is 27.2 Å². The number of hydrogen-bond acceptors (Lipinski definition) is 2. The second-order valence-electron chi connectivity index (χ2n) is 4.67. The molecule has 0 radical (unpaired) electrons. The summed E-state index contributed by atoms with van der Waals surface area (Å²) in [6.07, 6.45) is 6.74. The standard InChI is InChI=1S/C14H19NO2/c1-4-17-14(16)7-11-8-15-13-6-10(3)9(2)5-12(11)13/h5-6,8-10,15H,4,7H2,1-3H3. The van der Waals surface area contributed by atoms with E-state index in [0.29, 0.717) is 24.9 Å². The Morgan fingerprint density at radius 1 is 1.35 bits per heavy atom. The van der Waals surface area contributed by atoms with E-state index >= 15 is 0 Å². The van der Waals surface area contributed by atoms with Gasteiger partial charge in [-0.25, -0.2) is 0 Å². The molecule has 1 aromatic rings. The minimum absolute atomic E-state index is 0.158. The Morgan fingerprint density at radius 2 is 2.06 bits per heavy atom. The summed E-state index contributed by atoms with van der Waals surface area (Å²) in [6.45, 7) is 6.67. The van der Waals surface area contributed by atoms with E-state index in [0.717, 1.165) is 10.9 Å². The van der Waals surface area contributed by atoms with Gasteiger partial charge < -0.3 is 9.72 Å². The van der Waals surface area contributed by atoms with Crippen LogP contribution in [0.4, 0.5) is 0 Å². The fourth-order valence-electron chi connectivity index (χ4n) is 2.17. The smallest absolute Gasteiger partial charge is 0.310 e. The van der Waals surface area contributed by atoms with Gasteiger partial charge in [-0.3, -0.25) is 4.79 Å². The fraction of sp³-hybridized carbons (Fsp3) is 0.500. The molecule has 0 aromatic carbocycles. The lowest BCUT2D eigenvalue weighted by Gasteiger charge is -2.14. The van der Waals surface area contributed by atoms with Crippen molar-refractivity contribution in [1.82, 2.24) is 4.98 Å². The fourth-order valence-corrected chi connectivity index (χ4v) is 2.17. The molecule has 0 aliphatic heterocycles. The van der Waals surface area contributed by atoms with E-state index < -0.39 is 0 Å². The van der Waals surface area contributed by atoms with E-state index in [4.69, 9.17) is 4.74 Å². The van der Waals surface area contributed by atoms with Gasteiger partial charge in [0.05, 0.1) is 13.0 Å². The largest absolute Gasteiger partial charge is 0.466 e.